The maximum absolute atomic E-state index is 12.0. The van der Waals surface area contributed by atoms with Crippen LogP contribution in [0.25, 0.3) is 0 Å². The molecule has 0 aromatic heterocycles. The first-order valence-corrected chi connectivity index (χ1v) is 2.82. The molecule has 0 N–H and O–H groups in total. The van der Waals surface area contributed by atoms with Gasteiger partial charge in [-0.3, -0.25) is 4.84 Å². The summed E-state index contributed by atoms with van der Waals surface area (Å²) in [7, 11) is 2.67. The highest BCUT2D eigenvalue weighted by molar-refractivity contribution is 4.66. The van der Waals surface area contributed by atoms with Crippen molar-refractivity contribution in [3.05, 3.63) is 0 Å². The van der Waals surface area contributed by atoms with Crippen LogP contribution in [-0.4, -0.2) is 38.1 Å². The van der Waals surface area contributed by atoms with E-state index in [9.17, 15) is 17.6 Å². The standard InChI is InChI=1S/C5H9F4NO/c1-10(2)11-3-5(8,9)4(6)7/h4H,3H2,1-2H3. The molecule has 11 heavy (non-hydrogen) atoms. The molecule has 0 spiro atoms. The Kier molecular flexibility index (Phi) is 3.74. The Hall–Kier alpha value is -0.360. The first kappa shape index (κ1) is 10.6. The highest BCUT2D eigenvalue weighted by Crippen LogP contribution is 2.22. The fourth-order valence-electron chi connectivity index (χ4n) is 0.278. The minimum atomic E-state index is -4.07. The van der Waals surface area contributed by atoms with Crippen molar-refractivity contribution in [3.63, 3.8) is 0 Å². The van der Waals surface area contributed by atoms with Gasteiger partial charge < -0.3 is 0 Å². The van der Waals surface area contributed by atoms with Crippen molar-refractivity contribution in [1.29, 1.82) is 0 Å². The number of hydrogen-bond acceptors (Lipinski definition) is 2. The molecule has 0 saturated carbocycles. The van der Waals surface area contributed by atoms with Crippen molar-refractivity contribution in [2.75, 3.05) is 20.7 Å². The van der Waals surface area contributed by atoms with Crippen LogP contribution in [0.4, 0.5) is 17.6 Å². The van der Waals surface area contributed by atoms with Crippen LogP contribution in [0.5, 0.6) is 0 Å². The van der Waals surface area contributed by atoms with Crippen LogP contribution in [0.3, 0.4) is 0 Å². The summed E-state index contributed by atoms with van der Waals surface area (Å²) in [5, 5.41) is 0.941. The molecule has 2 nitrogen and oxygen atoms in total. The summed E-state index contributed by atoms with van der Waals surface area (Å²) < 4.78 is 46.8. The van der Waals surface area contributed by atoms with Gasteiger partial charge in [-0.25, -0.2) is 8.78 Å². The van der Waals surface area contributed by atoms with E-state index in [0.717, 1.165) is 5.06 Å². The van der Waals surface area contributed by atoms with Gasteiger partial charge in [-0.05, 0) is 0 Å². The molecular formula is C5H9F4NO. The van der Waals surface area contributed by atoms with E-state index >= 15 is 0 Å². The lowest BCUT2D eigenvalue weighted by molar-refractivity contribution is -0.225. The maximum atomic E-state index is 12.0. The average molecular weight is 175 g/mol. The predicted molar refractivity (Wildman–Crippen MR) is 30.6 cm³/mol. The number of rotatable bonds is 4. The van der Waals surface area contributed by atoms with Crippen molar-refractivity contribution in [2.24, 2.45) is 0 Å². The van der Waals surface area contributed by atoms with E-state index in [1.54, 1.807) is 0 Å². The van der Waals surface area contributed by atoms with Crippen molar-refractivity contribution in [1.82, 2.24) is 5.06 Å². The fraction of sp³-hybridized carbons (Fsp3) is 1.00. The molecule has 0 aliphatic rings. The molecule has 0 saturated heterocycles. The monoisotopic (exact) mass is 175 g/mol. The van der Waals surface area contributed by atoms with Gasteiger partial charge in [0.05, 0.1) is 0 Å². The van der Waals surface area contributed by atoms with E-state index in [-0.39, 0.29) is 0 Å². The van der Waals surface area contributed by atoms with E-state index in [2.05, 4.69) is 4.84 Å². The maximum Gasteiger partial charge on any atom is 0.332 e. The van der Waals surface area contributed by atoms with Gasteiger partial charge >= 0.3 is 12.3 Å². The Bertz CT molecular complexity index is 117. The number of hydroxylamine groups is 2. The third kappa shape index (κ3) is 4.15. The van der Waals surface area contributed by atoms with Gasteiger partial charge in [0.25, 0.3) is 0 Å². The topological polar surface area (TPSA) is 12.5 Å². The van der Waals surface area contributed by atoms with Gasteiger partial charge in [-0.2, -0.15) is 13.8 Å². The fourth-order valence-corrected chi connectivity index (χ4v) is 0.278. The van der Waals surface area contributed by atoms with Crippen LogP contribution in [0, 0.1) is 0 Å². The number of hydrogen-bond donors (Lipinski definition) is 0. The zero-order chi connectivity index (χ0) is 9.07. The molecule has 0 radical (unpaired) electrons. The van der Waals surface area contributed by atoms with E-state index in [4.69, 9.17) is 0 Å². The molecule has 0 amide bonds. The second-order valence-electron chi connectivity index (χ2n) is 2.15. The van der Waals surface area contributed by atoms with E-state index < -0.39 is 19.0 Å². The molecule has 6 heteroatoms. The molecule has 0 aliphatic carbocycles. The van der Waals surface area contributed by atoms with Gasteiger partial charge in [-0.15, -0.1) is 0 Å². The lowest BCUT2D eigenvalue weighted by atomic mass is 10.4. The van der Waals surface area contributed by atoms with Crippen LogP contribution >= 0.6 is 0 Å². The highest BCUT2D eigenvalue weighted by Gasteiger charge is 2.41. The van der Waals surface area contributed by atoms with Crippen molar-refractivity contribution in [2.45, 2.75) is 12.3 Å². The third-order valence-electron chi connectivity index (χ3n) is 0.834. The molecule has 68 valence electrons. The summed E-state index contributed by atoms with van der Waals surface area (Å²) >= 11 is 0. The first-order chi connectivity index (χ1) is 4.86. The quantitative estimate of drug-likeness (QED) is 0.472. The van der Waals surface area contributed by atoms with Crippen LogP contribution in [0.2, 0.25) is 0 Å². The summed E-state index contributed by atoms with van der Waals surface area (Å²) in [6, 6.07) is 0. The summed E-state index contributed by atoms with van der Waals surface area (Å²) in [6.45, 7) is -1.29. The predicted octanol–water partition coefficient (Wildman–Crippen LogP) is 1.38. The van der Waals surface area contributed by atoms with Gasteiger partial charge in [-0.1, -0.05) is 0 Å². The summed E-state index contributed by atoms with van der Waals surface area (Å²) in [5.74, 6) is -4.07. The van der Waals surface area contributed by atoms with Crippen molar-refractivity contribution >= 4 is 0 Å². The van der Waals surface area contributed by atoms with Gasteiger partial charge in [0.15, 0.2) is 0 Å². The van der Waals surface area contributed by atoms with Crippen LogP contribution in [0.15, 0.2) is 0 Å². The SMILES string of the molecule is CN(C)OCC(F)(F)C(F)F. The molecule has 0 fully saturated rings. The summed E-state index contributed by atoms with van der Waals surface area (Å²) in [4.78, 5) is 4.17. The zero-order valence-electron chi connectivity index (χ0n) is 6.15. The highest BCUT2D eigenvalue weighted by atomic mass is 19.3. The van der Waals surface area contributed by atoms with Gasteiger partial charge in [0, 0.05) is 14.1 Å². The largest absolute Gasteiger partial charge is 0.332 e. The Morgan fingerprint density at radius 3 is 2.09 bits per heavy atom. The van der Waals surface area contributed by atoms with Gasteiger partial charge in [0.1, 0.15) is 6.61 Å². The lowest BCUT2D eigenvalue weighted by Crippen LogP contribution is -2.34. The molecule has 0 rings (SSSR count). The molecule has 0 aromatic carbocycles. The van der Waals surface area contributed by atoms with E-state index in [1.807, 2.05) is 0 Å². The average Bonchev–Trinajstić information content (AvgIpc) is 1.84. The Labute approximate surface area is 61.7 Å². The lowest BCUT2D eigenvalue weighted by Gasteiger charge is -2.17. The molecule has 0 heterocycles. The van der Waals surface area contributed by atoms with Gasteiger partial charge in [0.2, 0.25) is 0 Å². The van der Waals surface area contributed by atoms with Crippen LogP contribution in [0.1, 0.15) is 0 Å². The van der Waals surface area contributed by atoms with Crippen molar-refractivity contribution in [3.8, 4) is 0 Å². The summed E-state index contributed by atoms with van der Waals surface area (Å²) in [6.07, 6.45) is -3.68. The second-order valence-corrected chi connectivity index (χ2v) is 2.15. The third-order valence-corrected chi connectivity index (χ3v) is 0.834. The Morgan fingerprint density at radius 2 is 1.82 bits per heavy atom. The number of nitrogens with zero attached hydrogens (tertiary/aromatic N) is 1. The molecule has 0 aromatic rings. The minimum Gasteiger partial charge on any atom is -0.293 e. The van der Waals surface area contributed by atoms with E-state index in [1.165, 1.54) is 14.1 Å². The van der Waals surface area contributed by atoms with Crippen molar-refractivity contribution < 1.29 is 22.4 Å². The van der Waals surface area contributed by atoms with E-state index in [0.29, 0.717) is 0 Å². The van der Waals surface area contributed by atoms with Crippen LogP contribution in [-0.2, 0) is 4.84 Å². The minimum absolute atomic E-state index is 0.941. The summed E-state index contributed by atoms with van der Waals surface area (Å²) in [5.41, 5.74) is 0. The molecule has 0 atom stereocenters. The van der Waals surface area contributed by atoms with Crippen LogP contribution < -0.4 is 0 Å². The molecule has 0 unspecified atom stereocenters. The number of halogens is 4. The zero-order valence-corrected chi connectivity index (χ0v) is 6.15. The molecular weight excluding hydrogens is 166 g/mol. The Morgan fingerprint density at radius 1 is 1.36 bits per heavy atom. The number of alkyl halides is 4. The molecule has 0 aliphatic heterocycles. The second kappa shape index (κ2) is 3.87. The smallest absolute Gasteiger partial charge is 0.293 e. The molecule has 0 bridgehead atoms. The Balaban J connectivity index is 3.73. The first-order valence-electron chi connectivity index (χ1n) is 2.82. The normalized spacial score (nSPS) is 13.1.